The van der Waals surface area contributed by atoms with Crippen molar-refractivity contribution in [3.63, 3.8) is 0 Å². The Hall–Kier alpha value is -2.29. The average molecular weight is 266 g/mol. The number of nitrogens with two attached hydrogens (primary N) is 1. The lowest BCUT2D eigenvalue weighted by Crippen LogP contribution is -2.35. The number of aryl methyl sites for hydroxylation is 1. The third-order valence-corrected chi connectivity index (χ3v) is 3.93. The van der Waals surface area contributed by atoms with Gasteiger partial charge in [0.2, 0.25) is 0 Å². The minimum atomic E-state index is -0.0468. The number of hydrogen-bond acceptors (Lipinski definition) is 2. The number of anilines is 1. The van der Waals surface area contributed by atoms with Crippen molar-refractivity contribution in [3.05, 3.63) is 64.7 Å². The smallest absolute Gasteiger partial charge is 0.251 e. The molecule has 0 aliphatic heterocycles. The fourth-order valence-electron chi connectivity index (χ4n) is 2.71. The Balaban J connectivity index is 1.70. The first-order chi connectivity index (χ1) is 9.63. The molecule has 2 aromatic carbocycles. The molecule has 3 rings (SSSR count). The summed E-state index contributed by atoms with van der Waals surface area (Å²) in [6.07, 6.45) is 1.81. The fourth-order valence-corrected chi connectivity index (χ4v) is 2.71. The highest BCUT2D eigenvalue weighted by Gasteiger charge is 2.22. The minimum Gasteiger partial charge on any atom is -0.398 e. The predicted molar refractivity (Wildman–Crippen MR) is 80.7 cm³/mol. The van der Waals surface area contributed by atoms with Crippen LogP contribution in [0.15, 0.2) is 42.5 Å². The molecule has 0 saturated heterocycles. The number of carbonyl (C=O) groups excluding carboxylic acids is 1. The van der Waals surface area contributed by atoms with Gasteiger partial charge in [-0.2, -0.15) is 0 Å². The molecule has 0 atom stereocenters. The molecule has 1 aliphatic rings. The molecular weight excluding hydrogens is 248 g/mol. The third-order valence-electron chi connectivity index (χ3n) is 3.93. The van der Waals surface area contributed by atoms with Gasteiger partial charge < -0.3 is 11.1 Å². The highest BCUT2D eigenvalue weighted by Crippen LogP contribution is 2.22. The van der Waals surface area contributed by atoms with Gasteiger partial charge in [0.25, 0.3) is 5.91 Å². The third kappa shape index (κ3) is 2.39. The maximum atomic E-state index is 12.2. The van der Waals surface area contributed by atoms with Gasteiger partial charge in [-0.25, -0.2) is 0 Å². The molecule has 3 N–H and O–H groups in total. The van der Waals surface area contributed by atoms with Crippen LogP contribution in [0.25, 0.3) is 0 Å². The van der Waals surface area contributed by atoms with Crippen LogP contribution in [-0.4, -0.2) is 11.9 Å². The maximum absolute atomic E-state index is 12.2. The Labute approximate surface area is 118 Å². The molecule has 1 amide bonds. The first kappa shape index (κ1) is 12.7. The molecule has 0 spiro atoms. The summed E-state index contributed by atoms with van der Waals surface area (Å²) in [5.74, 6) is -0.0468. The second kappa shape index (κ2) is 5.00. The first-order valence-corrected chi connectivity index (χ1v) is 6.87. The van der Waals surface area contributed by atoms with E-state index in [0.717, 1.165) is 18.4 Å². The number of hydrogen-bond donors (Lipinski definition) is 2. The van der Waals surface area contributed by atoms with Crippen LogP contribution in [0, 0.1) is 6.92 Å². The number of amides is 1. The summed E-state index contributed by atoms with van der Waals surface area (Å²) in [4.78, 5) is 12.2. The monoisotopic (exact) mass is 266 g/mol. The van der Waals surface area contributed by atoms with Crippen molar-refractivity contribution in [2.24, 2.45) is 0 Å². The van der Waals surface area contributed by atoms with Gasteiger partial charge in [-0.1, -0.05) is 30.3 Å². The van der Waals surface area contributed by atoms with Crippen LogP contribution in [-0.2, 0) is 12.8 Å². The van der Waals surface area contributed by atoms with Crippen LogP contribution < -0.4 is 11.1 Å². The van der Waals surface area contributed by atoms with E-state index in [2.05, 4.69) is 17.4 Å². The summed E-state index contributed by atoms with van der Waals surface area (Å²) in [7, 11) is 0. The zero-order valence-electron chi connectivity index (χ0n) is 11.5. The lowest BCUT2D eigenvalue weighted by molar-refractivity contribution is 0.0938. The Kier molecular flexibility index (Phi) is 3.18. The van der Waals surface area contributed by atoms with Crippen LogP contribution in [0.5, 0.6) is 0 Å². The molecule has 20 heavy (non-hydrogen) atoms. The van der Waals surface area contributed by atoms with E-state index in [1.165, 1.54) is 11.1 Å². The van der Waals surface area contributed by atoms with Crippen molar-refractivity contribution in [1.29, 1.82) is 0 Å². The maximum Gasteiger partial charge on any atom is 0.251 e. The van der Waals surface area contributed by atoms with E-state index >= 15 is 0 Å². The second-order valence-electron chi connectivity index (χ2n) is 5.42. The van der Waals surface area contributed by atoms with Gasteiger partial charge >= 0.3 is 0 Å². The van der Waals surface area contributed by atoms with Crippen molar-refractivity contribution in [3.8, 4) is 0 Å². The van der Waals surface area contributed by atoms with Crippen molar-refractivity contribution >= 4 is 11.6 Å². The molecule has 0 saturated carbocycles. The highest BCUT2D eigenvalue weighted by atomic mass is 16.1. The molecule has 0 heterocycles. The summed E-state index contributed by atoms with van der Waals surface area (Å²) >= 11 is 0. The Morgan fingerprint density at radius 1 is 1.15 bits per heavy atom. The van der Waals surface area contributed by atoms with Crippen LogP contribution in [0.1, 0.15) is 27.0 Å². The summed E-state index contributed by atoms with van der Waals surface area (Å²) in [5.41, 5.74) is 10.8. The number of fused-ring (bicyclic) bond motifs is 1. The van der Waals surface area contributed by atoms with E-state index in [4.69, 9.17) is 5.73 Å². The zero-order valence-corrected chi connectivity index (χ0v) is 11.5. The second-order valence-corrected chi connectivity index (χ2v) is 5.42. The van der Waals surface area contributed by atoms with Gasteiger partial charge in [0.1, 0.15) is 0 Å². The summed E-state index contributed by atoms with van der Waals surface area (Å²) in [6, 6.07) is 14.0. The topological polar surface area (TPSA) is 55.1 Å². The summed E-state index contributed by atoms with van der Waals surface area (Å²) in [5, 5.41) is 3.09. The van der Waals surface area contributed by atoms with Crippen LogP contribution >= 0.6 is 0 Å². The minimum absolute atomic E-state index is 0.0468. The molecule has 0 fully saturated rings. The normalized spacial score (nSPS) is 14.1. The quantitative estimate of drug-likeness (QED) is 0.820. The van der Waals surface area contributed by atoms with E-state index in [-0.39, 0.29) is 11.9 Å². The van der Waals surface area contributed by atoms with Crippen molar-refractivity contribution in [2.45, 2.75) is 25.8 Å². The van der Waals surface area contributed by atoms with E-state index in [0.29, 0.717) is 11.3 Å². The molecule has 0 aromatic heterocycles. The number of benzene rings is 2. The van der Waals surface area contributed by atoms with Gasteiger partial charge in [0, 0.05) is 17.3 Å². The predicted octanol–water partition coefficient (Wildman–Crippen LogP) is 2.47. The molecule has 2 aromatic rings. The number of nitrogens with one attached hydrogen (secondary N) is 1. The highest BCUT2D eigenvalue weighted by molar-refractivity contribution is 5.95. The average Bonchev–Trinajstić information content (AvgIpc) is 2.83. The molecule has 3 heteroatoms. The Morgan fingerprint density at radius 2 is 1.80 bits per heavy atom. The number of rotatable bonds is 2. The van der Waals surface area contributed by atoms with Gasteiger partial charge in [-0.3, -0.25) is 4.79 Å². The molecule has 3 nitrogen and oxygen atoms in total. The summed E-state index contributed by atoms with van der Waals surface area (Å²) in [6.45, 7) is 1.94. The van der Waals surface area contributed by atoms with Gasteiger partial charge in [-0.15, -0.1) is 0 Å². The Morgan fingerprint density at radius 3 is 2.40 bits per heavy atom. The fraction of sp³-hybridized carbons (Fsp3) is 0.235. The lowest BCUT2D eigenvalue weighted by atomic mass is 10.1. The molecule has 0 bridgehead atoms. The van der Waals surface area contributed by atoms with E-state index in [1.807, 2.05) is 31.2 Å². The molecule has 0 radical (unpaired) electrons. The Bertz CT molecular complexity index is 639. The zero-order chi connectivity index (χ0) is 14.1. The van der Waals surface area contributed by atoms with E-state index in [1.54, 1.807) is 6.07 Å². The van der Waals surface area contributed by atoms with Crippen LogP contribution in [0.4, 0.5) is 5.69 Å². The molecule has 1 aliphatic carbocycles. The van der Waals surface area contributed by atoms with Gasteiger partial charge in [0.05, 0.1) is 0 Å². The van der Waals surface area contributed by atoms with Crippen molar-refractivity contribution < 1.29 is 4.79 Å². The standard InChI is InChI=1S/C17H18N2O/c1-11-6-7-14(10-16(11)18)17(20)19-15-8-12-4-2-3-5-13(12)9-15/h2-7,10,15H,8-9,18H2,1H3,(H,19,20). The number of carbonyl (C=O) groups is 1. The molecule has 102 valence electrons. The van der Waals surface area contributed by atoms with E-state index in [9.17, 15) is 4.79 Å². The lowest BCUT2D eigenvalue weighted by Gasteiger charge is -2.12. The molecule has 0 unspecified atom stereocenters. The van der Waals surface area contributed by atoms with Crippen LogP contribution in [0.2, 0.25) is 0 Å². The van der Waals surface area contributed by atoms with Gasteiger partial charge in [-0.05, 0) is 48.6 Å². The largest absolute Gasteiger partial charge is 0.398 e. The van der Waals surface area contributed by atoms with Gasteiger partial charge in [0.15, 0.2) is 0 Å². The van der Waals surface area contributed by atoms with Crippen molar-refractivity contribution in [2.75, 3.05) is 5.73 Å². The SMILES string of the molecule is Cc1ccc(C(=O)NC2Cc3ccccc3C2)cc1N. The summed E-state index contributed by atoms with van der Waals surface area (Å²) < 4.78 is 0. The molecular formula is C17H18N2O. The van der Waals surface area contributed by atoms with Crippen LogP contribution in [0.3, 0.4) is 0 Å². The first-order valence-electron chi connectivity index (χ1n) is 6.87. The van der Waals surface area contributed by atoms with Crippen molar-refractivity contribution in [1.82, 2.24) is 5.32 Å². The number of nitrogen functional groups attached to an aromatic ring is 1. The van der Waals surface area contributed by atoms with E-state index < -0.39 is 0 Å².